The molecular formula is C25H25F3N2O2. The number of likely N-dealkylation sites (tertiary alicyclic amines) is 1. The lowest BCUT2D eigenvalue weighted by Gasteiger charge is -2.37. The van der Waals surface area contributed by atoms with Crippen LogP contribution in [0.3, 0.4) is 0 Å². The van der Waals surface area contributed by atoms with E-state index < -0.39 is 23.6 Å². The summed E-state index contributed by atoms with van der Waals surface area (Å²) < 4.78 is 39.4. The van der Waals surface area contributed by atoms with E-state index in [0.717, 1.165) is 23.5 Å². The maximum Gasteiger partial charge on any atom is 0.416 e. The fourth-order valence-corrected chi connectivity index (χ4v) is 4.74. The summed E-state index contributed by atoms with van der Waals surface area (Å²) in [6.07, 6.45) is -3.45. The number of rotatable bonds is 4. The minimum Gasteiger partial charge on any atom is -0.366 e. The third kappa shape index (κ3) is 4.29. The average molecular weight is 442 g/mol. The molecule has 2 aromatic carbocycles. The summed E-state index contributed by atoms with van der Waals surface area (Å²) in [6.45, 7) is 5.35. The number of hydrogen-bond acceptors (Lipinski definition) is 3. The van der Waals surface area contributed by atoms with Crippen LogP contribution in [-0.2, 0) is 22.3 Å². The molecular weight excluding hydrogens is 417 g/mol. The van der Waals surface area contributed by atoms with Gasteiger partial charge in [0.15, 0.2) is 0 Å². The summed E-state index contributed by atoms with van der Waals surface area (Å²) in [7, 11) is 0. The maximum absolute atomic E-state index is 13.5. The van der Waals surface area contributed by atoms with Crippen molar-refractivity contribution in [1.29, 1.82) is 0 Å². The predicted octanol–water partition coefficient (Wildman–Crippen LogP) is 4.96. The number of hydrogen-bond donors (Lipinski definition) is 0. The number of carbonyl (C=O) groups is 2. The molecule has 2 amide bonds. The van der Waals surface area contributed by atoms with Gasteiger partial charge in [-0.3, -0.25) is 14.5 Å². The van der Waals surface area contributed by atoms with Crippen LogP contribution in [0.5, 0.6) is 0 Å². The molecule has 0 aromatic heterocycles. The largest absolute Gasteiger partial charge is 0.416 e. The van der Waals surface area contributed by atoms with Crippen molar-refractivity contribution in [1.82, 2.24) is 9.80 Å². The highest BCUT2D eigenvalue weighted by Gasteiger charge is 2.43. The predicted molar refractivity (Wildman–Crippen MR) is 115 cm³/mol. The maximum atomic E-state index is 13.5. The van der Waals surface area contributed by atoms with Crippen LogP contribution < -0.4 is 0 Å². The smallest absolute Gasteiger partial charge is 0.366 e. The van der Waals surface area contributed by atoms with E-state index in [-0.39, 0.29) is 12.1 Å². The first-order valence-electron chi connectivity index (χ1n) is 10.7. The van der Waals surface area contributed by atoms with E-state index in [0.29, 0.717) is 41.8 Å². The molecule has 0 N–H and O–H groups in total. The molecule has 2 aromatic rings. The normalized spacial score (nSPS) is 22.2. The minimum absolute atomic E-state index is 0.208. The van der Waals surface area contributed by atoms with Crippen LogP contribution in [0.25, 0.3) is 5.57 Å². The van der Waals surface area contributed by atoms with Gasteiger partial charge in [-0.05, 0) is 41.5 Å². The molecule has 1 fully saturated rings. The summed E-state index contributed by atoms with van der Waals surface area (Å²) in [5.74, 6) is -0.195. The van der Waals surface area contributed by atoms with Crippen molar-refractivity contribution in [2.45, 2.75) is 33.0 Å². The van der Waals surface area contributed by atoms with Gasteiger partial charge in [0.05, 0.1) is 17.7 Å². The Hall–Kier alpha value is -3.09. The second kappa shape index (κ2) is 8.45. The average Bonchev–Trinajstić information content (AvgIpc) is 2.98. The summed E-state index contributed by atoms with van der Waals surface area (Å²) in [5, 5.41) is 0. The van der Waals surface area contributed by atoms with Crippen LogP contribution in [0.4, 0.5) is 13.2 Å². The first-order chi connectivity index (χ1) is 15.1. The first-order valence-corrected chi connectivity index (χ1v) is 10.7. The fourth-order valence-electron chi connectivity index (χ4n) is 4.74. The molecule has 4 nitrogen and oxygen atoms in total. The Morgan fingerprint density at radius 2 is 1.56 bits per heavy atom. The van der Waals surface area contributed by atoms with Crippen LogP contribution in [0.2, 0.25) is 0 Å². The van der Waals surface area contributed by atoms with E-state index in [1.165, 1.54) is 12.1 Å². The molecule has 2 atom stereocenters. The van der Waals surface area contributed by atoms with Crippen LogP contribution in [-0.4, -0.2) is 34.7 Å². The van der Waals surface area contributed by atoms with Gasteiger partial charge in [0.25, 0.3) is 11.8 Å². The lowest BCUT2D eigenvalue weighted by Crippen LogP contribution is -2.41. The van der Waals surface area contributed by atoms with Crippen molar-refractivity contribution in [3.05, 3.63) is 77.0 Å². The van der Waals surface area contributed by atoms with Crippen LogP contribution in [0, 0.1) is 11.8 Å². The van der Waals surface area contributed by atoms with Gasteiger partial charge in [0, 0.05) is 13.1 Å². The molecule has 0 spiro atoms. The van der Waals surface area contributed by atoms with E-state index in [9.17, 15) is 22.8 Å². The van der Waals surface area contributed by atoms with Crippen molar-refractivity contribution in [2.24, 2.45) is 11.8 Å². The molecule has 32 heavy (non-hydrogen) atoms. The summed E-state index contributed by atoms with van der Waals surface area (Å²) >= 11 is 0. The number of halogens is 3. The zero-order chi connectivity index (χ0) is 23.0. The van der Waals surface area contributed by atoms with Gasteiger partial charge in [-0.25, -0.2) is 0 Å². The molecule has 0 aliphatic carbocycles. The zero-order valence-electron chi connectivity index (χ0n) is 18.0. The molecule has 0 saturated carbocycles. The Morgan fingerprint density at radius 3 is 2.19 bits per heavy atom. The van der Waals surface area contributed by atoms with Crippen molar-refractivity contribution in [2.75, 3.05) is 13.1 Å². The molecule has 2 heterocycles. The van der Waals surface area contributed by atoms with Crippen molar-refractivity contribution < 1.29 is 22.8 Å². The van der Waals surface area contributed by atoms with E-state index in [1.54, 1.807) is 24.3 Å². The zero-order valence-corrected chi connectivity index (χ0v) is 18.0. The minimum atomic E-state index is -4.49. The number of imide groups is 1. The lowest BCUT2D eigenvalue weighted by atomic mass is 9.91. The number of alkyl halides is 3. The van der Waals surface area contributed by atoms with Crippen molar-refractivity contribution in [3.63, 3.8) is 0 Å². The number of carbonyl (C=O) groups excluding carboxylic acids is 2. The second-order valence-corrected chi connectivity index (χ2v) is 8.84. The molecule has 7 heteroatoms. The van der Waals surface area contributed by atoms with Gasteiger partial charge in [0.2, 0.25) is 0 Å². The molecule has 1 saturated heterocycles. The van der Waals surface area contributed by atoms with Crippen LogP contribution in [0.1, 0.15) is 37.0 Å². The Balaban J connectivity index is 1.71. The number of piperidine rings is 1. The van der Waals surface area contributed by atoms with Crippen LogP contribution in [0.15, 0.2) is 60.3 Å². The lowest BCUT2D eigenvalue weighted by molar-refractivity contribution is -0.138. The molecule has 168 valence electrons. The monoisotopic (exact) mass is 442 g/mol. The Morgan fingerprint density at radius 1 is 0.906 bits per heavy atom. The van der Waals surface area contributed by atoms with E-state index in [4.69, 9.17) is 0 Å². The third-order valence-corrected chi connectivity index (χ3v) is 5.99. The number of amides is 2. The first kappa shape index (κ1) is 22.1. The van der Waals surface area contributed by atoms with E-state index in [1.807, 2.05) is 11.0 Å². The summed E-state index contributed by atoms with van der Waals surface area (Å²) in [4.78, 5) is 29.9. The van der Waals surface area contributed by atoms with Crippen molar-refractivity contribution in [3.8, 4) is 0 Å². The van der Waals surface area contributed by atoms with Crippen molar-refractivity contribution >= 4 is 17.4 Å². The molecule has 4 rings (SSSR count). The number of nitrogens with zero attached hydrogens (tertiary/aromatic N) is 2. The van der Waals surface area contributed by atoms with Gasteiger partial charge in [0.1, 0.15) is 5.70 Å². The van der Waals surface area contributed by atoms with Gasteiger partial charge < -0.3 is 4.90 Å². The highest BCUT2D eigenvalue weighted by atomic mass is 19.4. The quantitative estimate of drug-likeness (QED) is 0.629. The summed E-state index contributed by atoms with van der Waals surface area (Å²) in [6, 6.07) is 13.8. The highest BCUT2D eigenvalue weighted by molar-refractivity contribution is 6.35. The molecule has 2 aliphatic heterocycles. The Kier molecular flexibility index (Phi) is 5.84. The highest BCUT2D eigenvalue weighted by Crippen LogP contribution is 2.36. The molecule has 2 unspecified atom stereocenters. The van der Waals surface area contributed by atoms with Crippen LogP contribution >= 0.6 is 0 Å². The topological polar surface area (TPSA) is 40.6 Å². The van der Waals surface area contributed by atoms with Gasteiger partial charge in [-0.1, -0.05) is 56.3 Å². The Labute approximate surface area is 185 Å². The third-order valence-electron chi connectivity index (χ3n) is 5.99. The fraction of sp³-hybridized carbons (Fsp3) is 0.360. The second-order valence-electron chi connectivity index (χ2n) is 8.84. The molecule has 2 aliphatic rings. The van der Waals surface area contributed by atoms with E-state index in [2.05, 4.69) is 13.8 Å². The summed E-state index contributed by atoms with van der Waals surface area (Å²) in [5.41, 5.74) is 0.772. The molecule has 0 radical (unpaired) electrons. The Bertz CT molecular complexity index is 1050. The van der Waals surface area contributed by atoms with Gasteiger partial charge in [-0.2, -0.15) is 13.2 Å². The number of benzene rings is 2. The molecule has 0 bridgehead atoms. The van der Waals surface area contributed by atoms with E-state index >= 15 is 0 Å². The van der Waals surface area contributed by atoms with Gasteiger partial charge in [-0.15, -0.1) is 0 Å². The standard InChI is InChI=1S/C25H25F3N2O2/c1-16-11-17(2)14-29(13-16)22-21(19-8-4-3-5-9-19)23(31)30(24(22)32)15-18-7-6-10-20(12-18)25(26,27)28/h3-10,12,16-17H,11,13-15H2,1-2H3. The van der Waals surface area contributed by atoms with Gasteiger partial charge >= 0.3 is 6.18 Å². The SMILES string of the molecule is CC1CC(C)CN(C2=C(c3ccccc3)C(=O)N(Cc3cccc(C(F)(F)F)c3)C2=O)C1.